The minimum Gasteiger partial charge on any atom is -0.362 e. The third-order valence-electron chi connectivity index (χ3n) is 2.42. The highest BCUT2D eigenvalue weighted by atomic mass is 35.5. The van der Waals surface area contributed by atoms with Crippen LogP contribution in [0, 0.1) is 0 Å². The molecule has 0 saturated carbocycles. The van der Waals surface area contributed by atoms with E-state index in [4.69, 9.17) is 23.8 Å². The highest BCUT2D eigenvalue weighted by molar-refractivity contribution is 7.80. The van der Waals surface area contributed by atoms with E-state index in [9.17, 15) is 0 Å². The summed E-state index contributed by atoms with van der Waals surface area (Å²) in [6.07, 6.45) is 4.97. The van der Waals surface area contributed by atoms with Gasteiger partial charge >= 0.3 is 0 Å². The molecular formula is C13H19ClN2S. The Bertz CT molecular complexity index is 338. The number of hydrogen-bond acceptors (Lipinski definition) is 1. The van der Waals surface area contributed by atoms with E-state index < -0.39 is 0 Å². The standard InChI is InChI=1S/C13H19ClN2S/c1-2-3-4-5-10-15-13(17)16-12-8-6-11(14)7-9-12/h6-9H,2-5,10H2,1H3,(H2,15,16,17). The van der Waals surface area contributed by atoms with Crippen LogP contribution in [0.1, 0.15) is 32.6 Å². The fourth-order valence-corrected chi connectivity index (χ4v) is 1.81. The molecule has 1 rings (SSSR count). The van der Waals surface area contributed by atoms with E-state index in [0.717, 1.165) is 23.7 Å². The van der Waals surface area contributed by atoms with E-state index in [2.05, 4.69) is 17.6 Å². The summed E-state index contributed by atoms with van der Waals surface area (Å²) < 4.78 is 0. The fraction of sp³-hybridized carbons (Fsp3) is 0.462. The van der Waals surface area contributed by atoms with Gasteiger partial charge < -0.3 is 10.6 Å². The van der Waals surface area contributed by atoms with Crippen LogP contribution in [0.5, 0.6) is 0 Å². The van der Waals surface area contributed by atoms with Crippen molar-refractivity contribution in [1.29, 1.82) is 0 Å². The van der Waals surface area contributed by atoms with Crippen molar-refractivity contribution in [3.8, 4) is 0 Å². The summed E-state index contributed by atoms with van der Waals surface area (Å²) in [4.78, 5) is 0. The number of nitrogens with one attached hydrogen (secondary N) is 2. The molecule has 2 nitrogen and oxygen atoms in total. The van der Waals surface area contributed by atoms with Crippen LogP contribution in [0.3, 0.4) is 0 Å². The van der Waals surface area contributed by atoms with Crippen LogP contribution < -0.4 is 10.6 Å². The summed E-state index contributed by atoms with van der Waals surface area (Å²) in [5.41, 5.74) is 0.959. The molecule has 0 heterocycles. The van der Waals surface area contributed by atoms with Crippen molar-refractivity contribution >= 4 is 34.6 Å². The molecule has 94 valence electrons. The van der Waals surface area contributed by atoms with Crippen LogP contribution in [0.2, 0.25) is 5.02 Å². The fourth-order valence-electron chi connectivity index (χ4n) is 1.46. The lowest BCUT2D eigenvalue weighted by Crippen LogP contribution is -2.29. The minimum atomic E-state index is 0.670. The van der Waals surface area contributed by atoms with Crippen LogP contribution in [0.4, 0.5) is 5.69 Å². The van der Waals surface area contributed by atoms with Gasteiger partial charge in [-0.2, -0.15) is 0 Å². The molecule has 0 atom stereocenters. The largest absolute Gasteiger partial charge is 0.362 e. The van der Waals surface area contributed by atoms with E-state index in [0.29, 0.717) is 5.11 Å². The number of unbranched alkanes of at least 4 members (excludes halogenated alkanes) is 3. The first kappa shape index (κ1) is 14.3. The second-order valence-electron chi connectivity index (χ2n) is 3.95. The Kier molecular flexibility index (Phi) is 6.97. The van der Waals surface area contributed by atoms with Gasteiger partial charge in [0.25, 0.3) is 0 Å². The van der Waals surface area contributed by atoms with E-state index in [1.807, 2.05) is 24.3 Å². The molecule has 0 saturated heterocycles. The van der Waals surface area contributed by atoms with Gasteiger partial charge in [-0.15, -0.1) is 0 Å². The van der Waals surface area contributed by atoms with E-state index >= 15 is 0 Å². The van der Waals surface area contributed by atoms with Crippen molar-refractivity contribution in [2.75, 3.05) is 11.9 Å². The molecule has 0 aliphatic heterocycles. The first-order valence-electron chi connectivity index (χ1n) is 6.03. The quantitative estimate of drug-likeness (QED) is 0.598. The predicted molar refractivity (Wildman–Crippen MR) is 79.8 cm³/mol. The Morgan fingerprint density at radius 1 is 1.18 bits per heavy atom. The molecule has 0 amide bonds. The van der Waals surface area contributed by atoms with Crippen LogP contribution in [-0.2, 0) is 0 Å². The molecule has 1 aromatic rings. The summed E-state index contributed by atoms with van der Waals surface area (Å²) in [5, 5.41) is 7.71. The van der Waals surface area contributed by atoms with Crippen LogP contribution in [0.15, 0.2) is 24.3 Å². The van der Waals surface area contributed by atoms with Gasteiger partial charge in [0.05, 0.1) is 0 Å². The Balaban J connectivity index is 2.18. The second kappa shape index (κ2) is 8.31. The molecule has 1 aromatic carbocycles. The monoisotopic (exact) mass is 270 g/mol. The van der Waals surface area contributed by atoms with E-state index in [1.165, 1.54) is 19.3 Å². The topological polar surface area (TPSA) is 24.1 Å². The van der Waals surface area contributed by atoms with Crippen LogP contribution in [0.25, 0.3) is 0 Å². The Morgan fingerprint density at radius 3 is 2.53 bits per heavy atom. The molecule has 0 spiro atoms. The summed E-state index contributed by atoms with van der Waals surface area (Å²) >= 11 is 11.0. The van der Waals surface area contributed by atoms with Crippen LogP contribution >= 0.6 is 23.8 Å². The molecule has 0 unspecified atom stereocenters. The maximum atomic E-state index is 5.80. The normalized spacial score (nSPS) is 10.0. The molecule has 2 N–H and O–H groups in total. The summed E-state index contributed by atoms with van der Waals surface area (Å²) in [5.74, 6) is 0. The molecule has 0 aromatic heterocycles. The smallest absolute Gasteiger partial charge is 0.170 e. The zero-order valence-corrected chi connectivity index (χ0v) is 11.7. The first-order valence-corrected chi connectivity index (χ1v) is 6.81. The minimum absolute atomic E-state index is 0.670. The van der Waals surface area contributed by atoms with Crippen molar-refractivity contribution in [2.24, 2.45) is 0 Å². The number of halogens is 1. The van der Waals surface area contributed by atoms with E-state index in [1.54, 1.807) is 0 Å². The predicted octanol–water partition coefficient (Wildman–Crippen LogP) is 4.21. The third-order valence-corrected chi connectivity index (χ3v) is 2.92. The van der Waals surface area contributed by atoms with Gasteiger partial charge in [0.15, 0.2) is 5.11 Å². The number of benzene rings is 1. The van der Waals surface area contributed by atoms with Gasteiger partial charge in [0.1, 0.15) is 0 Å². The first-order chi connectivity index (χ1) is 8.22. The van der Waals surface area contributed by atoms with Crippen molar-refractivity contribution in [3.05, 3.63) is 29.3 Å². The molecule has 0 aliphatic carbocycles. The SMILES string of the molecule is CCCCCCNC(=S)Nc1ccc(Cl)cc1. The molecule has 0 aliphatic rings. The Hall–Kier alpha value is -0.800. The highest BCUT2D eigenvalue weighted by Crippen LogP contribution is 2.13. The lowest BCUT2D eigenvalue weighted by atomic mass is 10.2. The summed E-state index contributed by atoms with van der Waals surface area (Å²) in [7, 11) is 0. The van der Waals surface area contributed by atoms with Gasteiger partial charge in [-0.1, -0.05) is 37.8 Å². The lowest BCUT2D eigenvalue weighted by Gasteiger charge is -2.10. The Morgan fingerprint density at radius 2 is 1.88 bits per heavy atom. The molecule has 17 heavy (non-hydrogen) atoms. The van der Waals surface area contributed by atoms with Crippen molar-refractivity contribution in [3.63, 3.8) is 0 Å². The average Bonchev–Trinajstić information content (AvgIpc) is 2.32. The van der Waals surface area contributed by atoms with E-state index in [-0.39, 0.29) is 0 Å². The summed E-state index contributed by atoms with van der Waals surface area (Å²) in [6.45, 7) is 3.14. The second-order valence-corrected chi connectivity index (χ2v) is 4.79. The maximum absolute atomic E-state index is 5.80. The molecular weight excluding hydrogens is 252 g/mol. The number of thiocarbonyl (C=S) groups is 1. The molecule has 4 heteroatoms. The van der Waals surface area contributed by atoms with Crippen molar-refractivity contribution in [1.82, 2.24) is 5.32 Å². The van der Waals surface area contributed by atoms with Crippen LogP contribution in [-0.4, -0.2) is 11.7 Å². The van der Waals surface area contributed by atoms with Gasteiger partial charge in [-0.25, -0.2) is 0 Å². The zero-order chi connectivity index (χ0) is 12.5. The van der Waals surface area contributed by atoms with Crippen molar-refractivity contribution < 1.29 is 0 Å². The summed E-state index contributed by atoms with van der Waals surface area (Å²) in [6, 6.07) is 7.50. The van der Waals surface area contributed by atoms with Gasteiger partial charge in [0.2, 0.25) is 0 Å². The van der Waals surface area contributed by atoms with Gasteiger partial charge in [-0.3, -0.25) is 0 Å². The van der Waals surface area contributed by atoms with Gasteiger partial charge in [0, 0.05) is 17.3 Å². The lowest BCUT2D eigenvalue weighted by molar-refractivity contribution is 0.655. The van der Waals surface area contributed by atoms with Gasteiger partial charge in [-0.05, 0) is 42.9 Å². The third kappa shape index (κ3) is 6.49. The average molecular weight is 271 g/mol. The zero-order valence-electron chi connectivity index (χ0n) is 10.1. The molecule has 0 fully saturated rings. The number of rotatable bonds is 6. The molecule has 0 radical (unpaired) electrons. The Labute approximate surface area is 114 Å². The highest BCUT2D eigenvalue weighted by Gasteiger charge is 1.96. The maximum Gasteiger partial charge on any atom is 0.170 e. The van der Waals surface area contributed by atoms with Crippen molar-refractivity contribution in [2.45, 2.75) is 32.6 Å². The number of anilines is 1. The molecule has 0 bridgehead atoms. The number of hydrogen-bond donors (Lipinski definition) is 2.